The smallest absolute Gasteiger partial charge is 0.326 e. The van der Waals surface area contributed by atoms with Crippen molar-refractivity contribution in [3.8, 4) is 0 Å². The maximum atomic E-state index is 12.1. The van der Waals surface area contributed by atoms with Crippen LogP contribution in [0.3, 0.4) is 0 Å². The summed E-state index contributed by atoms with van der Waals surface area (Å²) in [5.74, 6) is -2.92. The van der Waals surface area contributed by atoms with Gasteiger partial charge in [0.25, 0.3) is 30.4 Å². The third kappa shape index (κ3) is 17.3. The summed E-state index contributed by atoms with van der Waals surface area (Å²) in [7, 11) is -14.7. The molecule has 0 aliphatic rings. The van der Waals surface area contributed by atoms with Gasteiger partial charge < -0.3 is 4.74 Å². The van der Waals surface area contributed by atoms with Gasteiger partial charge in [-0.15, -0.1) is 0 Å². The molecule has 2 atom stereocenters. The molecular formula is C19H38O11S3. The summed E-state index contributed by atoms with van der Waals surface area (Å²) in [6.45, 7) is 0.968. The van der Waals surface area contributed by atoms with Crippen molar-refractivity contribution < 1.29 is 48.4 Å². The molecular weight excluding hydrogens is 500 g/mol. The van der Waals surface area contributed by atoms with Crippen molar-refractivity contribution in [1.82, 2.24) is 0 Å². The van der Waals surface area contributed by atoms with Crippen LogP contribution in [0.15, 0.2) is 0 Å². The predicted octanol–water partition coefficient (Wildman–Crippen LogP) is 3.02. The summed E-state index contributed by atoms with van der Waals surface area (Å²) in [6, 6.07) is 0. The van der Waals surface area contributed by atoms with E-state index in [1.807, 2.05) is 0 Å². The minimum atomic E-state index is -5.02. The molecule has 198 valence electrons. The molecule has 0 saturated heterocycles. The lowest BCUT2D eigenvalue weighted by Crippen LogP contribution is -2.38. The average molecular weight is 539 g/mol. The van der Waals surface area contributed by atoms with Crippen LogP contribution in [0.25, 0.3) is 0 Å². The van der Waals surface area contributed by atoms with Gasteiger partial charge in [-0.1, -0.05) is 84.0 Å². The Morgan fingerprint density at radius 3 is 1.48 bits per heavy atom. The van der Waals surface area contributed by atoms with Crippen LogP contribution in [0.1, 0.15) is 90.4 Å². The van der Waals surface area contributed by atoms with E-state index < -0.39 is 59.2 Å². The Hall–Kier alpha value is -0.800. The van der Waals surface area contributed by atoms with Crippen molar-refractivity contribution in [3.05, 3.63) is 0 Å². The fourth-order valence-corrected chi connectivity index (χ4v) is 6.07. The fraction of sp³-hybridized carbons (Fsp3) is 0.947. The average Bonchev–Trinajstić information content (AvgIpc) is 2.66. The van der Waals surface area contributed by atoms with Crippen LogP contribution in [-0.2, 0) is 39.9 Å². The second kappa shape index (κ2) is 16.0. The molecule has 0 saturated carbocycles. The predicted molar refractivity (Wildman–Crippen MR) is 124 cm³/mol. The highest BCUT2D eigenvalue weighted by molar-refractivity contribution is 7.90. The lowest BCUT2D eigenvalue weighted by molar-refractivity contribution is -0.143. The summed E-state index contributed by atoms with van der Waals surface area (Å²) in [6.07, 6.45) is 12.0. The highest BCUT2D eigenvalue weighted by Gasteiger charge is 2.35. The molecule has 14 heteroatoms. The number of hydrogen-bond donors (Lipinski definition) is 3. The maximum absolute atomic E-state index is 12.1. The minimum absolute atomic E-state index is 0.260. The minimum Gasteiger partial charge on any atom is -0.463 e. The molecule has 0 aromatic rings. The van der Waals surface area contributed by atoms with Crippen LogP contribution < -0.4 is 0 Å². The molecule has 0 aliphatic carbocycles. The van der Waals surface area contributed by atoms with Crippen molar-refractivity contribution in [3.63, 3.8) is 0 Å². The molecule has 0 aliphatic heterocycles. The molecule has 0 bridgehead atoms. The molecule has 11 nitrogen and oxygen atoms in total. The number of carbonyl (C=O) groups excluding carboxylic acids is 1. The zero-order chi connectivity index (χ0) is 25.5. The van der Waals surface area contributed by atoms with Crippen LogP contribution >= 0.6 is 0 Å². The van der Waals surface area contributed by atoms with Crippen molar-refractivity contribution in [1.29, 1.82) is 0 Å². The monoisotopic (exact) mass is 538 g/mol. The Morgan fingerprint density at radius 2 is 1.12 bits per heavy atom. The molecule has 0 rings (SSSR count). The van der Waals surface area contributed by atoms with Gasteiger partial charge in [0.1, 0.15) is 11.9 Å². The normalized spacial score (nSPS) is 14.7. The van der Waals surface area contributed by atoms with Gasteiger partial charge in [0.05, 0.1) is 5.75 Å². The lowest BCUT2D eigenvalue weighted by atomic mass is 10.0. The SMILES string of the molecule is CCCCCCCCCCCCCCC(C(=O)OCC(CS(=O)(=O)O)S(=O)(=O)O)S(=O)(=O)O. The van der Waals surface area contributed by atoms with E-state index in [1.165, 1.54) is 38.5 Å². The summed E-state index contributed by atoms with van der Waals surface area (Å²) in [5, 5.41) is -4.17. The molecule has 0 heterocycles. The van der Waals surface area contributed by atoms with E-state index in [9.17, 15) is 34.6 Å². The van der Waals surface area contributed by atoms with Gasteiger partial charge in [-0.2, -0.15) is 25.3 Å². The number of unbranched alkanes of at least 4 members (excludes halogenated alkanes) is 11. The first-order valence-electron chi connectivity index (χ1n) is 11.2. The third-order valence-corrected chi connectivity index (χ3v) is 8.50. The number of ether oxygens (including phenoxy) is 1. The maximum Gasteiger partial charge on any atom is 0.326 e. The summed E-state index contributed by atoms with van der Waals surface area (Å²) in [5.41, 5.74) is 0. The summed E-state index contributed by atoms with van der Waals surface area (Å²) >= 11 is 0. The summed E-state index contributed by atoms with van der Waals surface area (Å²) < 4.78 is 98.8. The lowest BCUT2D eigenvalue weighted by Gasteiger charge is -2.16. The van der Waals surface area contributed by atoms with Crippen LogP contribution in [0.2, 0.25) is 0 Å². The van der Waals surface area contributed by atoms with Gasteiger partial charge in [-0.05, 0) is 6.42 Å². The quantitative estimate of drug-likeness (QED) is 0.117. The zero-order valence-electron chi connectivity index (χ0n) is 19.1. The highest BCUT2D eigenvalue weighted by Crippen LogP contribution is 2.16. The van der Waals surface area contributed by atoms with E-state index in [-0.39, 0.29) is 6.42 Å². The number of hydrogen-bond acceptors (Lipinski definition) is 8. The molecule has 0 amide bonds. The van der Waals surface area contributed by atoms with Gasteiger partial charge in [-0.25, -0.2) is 0 Å². The second-order valence-electron chi connectivity index (χ2n) is 8.20. The van der Waals surface area contributed by atoms with Crippen molar-refractivity contribution in [2.24, 2.45) is 0 Å². The largest absolute Gasteiger partial charge is 0.463 e. The fourth-order valence-electron chi connectivity index (χ4n) is 3.28. The Balaban J connectivity index is 4.41. The van der Waals surface area contributed by atoms with Crippen LogP contribution in [0, 0.1) is 0 Å². The molecule has 33 heavy (non-hydrogen) atoms. The molecule has 0 aromatic carbocycles. The highest BCUT2D eigenvalue weighted by atomic mass is 32.2. The first-order valence-corrected chi connectivity index (χ1v) is 15.8. The van der Waals surface area contributed by atoms with Gasteiger partial charge in [0.2, 0.25) is 0 Å². The Bertz CT molecular complexity index is 865. The van der Waals surface area contributed by atoms with E-state index >= 15 is 0 Å². The first-order chi connectivity index (χ1) is 15.2. The van der Waals surface area contributed by atoms with Crippen molar-refractivity contribution in [2.75, 3.05) is 12.4 Å². The Morgan fingerprint density at radius 1 is 0.697 bits per heavy atom. The molecule has 3 N–H and O–H groups in total. The molecule has 0 aromatic heterocycles. The standard InChI is InChI=1S/C19H38O11S3/c1-2-3-4-5-6-7-8-9-10-11-12-13-14-18(33(27,28)29)19(20)30-15-17(32(24,25)26)16-31(21,22)23/h17-18H,2-16H2,1H3,(H,21,22,23)(H,24,25,26)(H,27,28,29). The van der Waals surface area contributed by atoms with Crippen LogP contribution in [0.5, 0.6) is 0 Å². The van der Waals surface area contributed by atoms with E-state index in [0.29, 0.717) is 12.8 Å². The van der Waals surface area contributed by atoms with E-state index in [4.69, 9.17) is 9.11 Å². The molecule has 0 radical (unpaired) electrons. The van der Waals surface area contributed by atoms with Gasteiger partial charge in [0.15, 0.2) is 5.25 Å². The topological polar surface area (TPSA) is 189 Å². The number of rotatable bonds is 20. The summed E-state index contributed by atoms with van der Waals surface area (Å²) in [4.78, 5) is 12.1. The van der Waals surface area contributed by atoms with Gasteiger partial charge in [-0.3, -0.25) is 18.5 Å². The van der Waals surface area contributed by atoms with E-state index in [2.05, 4.69) is 11.7 Å². The molecule has 2 unspecified atom stereocenters. The molecule has 0 fully saturated rings. The van der Waals surface area contributed by atoms with Gasteiger partial charge in [0, 0.05) is 0 Å². The van der Waals surface area contributed by atoms with Crippen LogP contribution in [0.4, 0.5) is 0 Å². The first kappa shape index (κ1) is 32.2. The van der Waals surface area contributed by atoms with E-state index in [0.717, 1.165) is 25.7 Å². The number of carbonyl (C=O) groups is 1. The van der Waals surface area contributed by atoms with E-state index in [1.54, 1.807) is 0 Å². The molecule has 0 spiro atoms. The van der Waals surface area contributed by atoms with Crippen molar-refractivity contribution in [2.45, 2.75) is 101 Å². The Kier molecular flexibility index (Phi) is 15.6. The van der Waals surface area contributed by atoms with Gasteiger partial charge >= 0.3 is 5.97 Å². The van der Waals surface area contributed by atoms with Crippen LogP contribution in [-0.4, -0.2) is 67.7 Å². The van der Waals surface area contributed by atoms with Crippen molar-refractivity contribution >= 4 is 36.3 Å². The zero-order valence-corrected chi connectivity index (χ0v) is 21.5. The third-order valence-electron chi connectivity index (χ3n) is 5.17. The second-order valence-corrected chi connectivity index (χ2v) is 13.0. The Labute approximate surface area is 197 Å². The number of esters is 1.